The first-order valence-electron chi connectivity index (χ1n) is 10.2. The molecule has 0 bridgehead atoms. The first-order chi connectivity index (χ1) is 15.8. The minimum atomic E-state index is -4.43. The van der Waals surface area contributed by atoms with Gasteiger partial charge in [-0.05, 0) is 46.6 Å². The zero-order chi connectivity index (χ0) is 23.2. The van der Waals surface area contributed by atoms with E-state index in [9.17, 15) is 13.2 Å². The maximum atomic E-state index is 13.0. The smallest absolute Gasteiger partial charge is 0.416 e. The number of rotatable bonds is 5. The fourth-order valence-corrected chi connectivity index (χ4v) is 4.51. The molecule has 1 N–H and O–H groups in total. The molecule has 3 aromatic rings. The van der Waals surface area contributed by atoms with Crippen LogP contribution >= 0.6 is 15.9 Å². The van der Waals surface area contributed by atoms with E-state index in [0.29, 0.717) is 47.1 Å². The third-order valence-corrected chi connectivity index (χ3v) is 6.32. The summed E-state index contributed by atoms with van der Waals surface area (Å²) in [6.45, 7) is 1.07. The molecule has 11 heteroatoms. The van der Waals surface area contributed by atoms with Crippen molar-refractivity contribution in [3.63, 3.8) is 0 Å². The highest BCUT2D eigenvalue weighted by molar-refractivity contribution is 9.10. The van der Waals surface area contributed by atoms with E-state index in [1.54, 1.807) is 12.1 Å². The van der Waals surface area contributed by atoms with Crippen LogP contribution in [0.5, 0.6) is 11.5 Å². The predicted molar refractivity (Wildman–Crippen MR) is 117 cm³/mol. The van der Waals surface area contributed by atoms with Crippen molar-refractivity contribution in [2.24, 2.45) is 0 Å². The van der Waals surface area contributed by atoms with Crippen LogP contribution in [-0.2, 0) is 15.7 Å². The molecule has 0 aliphatic carbocycles. The van der Waals surface area contributed by atoms with Gasteiger partial charge in [0.2, 0.25) is 0 Å². The number of nitrogens with zero attached hydrogens (tertiary/aromatic N) is 2. The number of fused-ring (bicyclic) bond motifs is 2. The summed E-state index contributed by atoms with van der Waals surface area (Å²) in [5, 5.41) is 3.68. The number of halogens is 4. The number of methoxy groups -OCH3 is 1. The first-order valence-corrected chi connectivity index (χ1v) is 11.0. The SMILES string of the molecule is COc1cc2c(Nc3ccc(C(F)(F)F)cc3Br)ncnc2cc1O[C@@H]1COC2CCO[C@H]21. The molecule has 3 heterocycles. The molecule has 2 aliphatic heterocycles. The van der Waals surface area contributed by atoms with Crippen LogP contribution in [0.4, 0.5) is 24.7 Å². The standard InChI is InChI=1S/C22H19BrF3N3O4/c1-30-17-7-12-15(8-18(17)33-19-9-32-16-4-5-31-20(16)19)27-10-28-21(12)29-14-3-2-11(6-13(14)23)22(24,25)26/h2-3,6-8,10,16,19-20H,4-5,9H2,1H3,(H,27,28,29)/t16?,19-,20-/m1/s1. The lowest BCUT2D eigenvalue weighted by Gasteiger charge is -2.20. The summed E-state index contributed by atoms with van der Waals surface area (Å²) in [6.07, 6.45) is -2.55. The van der Waals surface area contributed by atoms with Crippen molar-refractivity contribution in [1.29, 1.82) is 0 Å². The van der Waals surface area contributed by atoms with Crippen LogP contribution in [0.3, 0.4) is 0 Å². The first kappa shape index (κ1) is 22.2. The zero-order valence-corrected chi connectivity index (χ0v) is 18.9. The maximum Gasteiger partial charge on any atom is 0.416 e. The van der Waals surface area contributed by atoms with Crippen molar-refractivity contribution < 1.29 is 32.1 Å². The molecule has 5 rings (SSSR count). The summed E-state index contributed by atoms with van der Waals surface area (Å²) >= 11 is 3.20. The summed E-state index contributed by atoms with van der Waals surface area (Å²) in [4.78, 5) is 8.58. The quantitative estimate of drug-likeness (QED) is 0.496. The van der Waals surface area contributed by atoms with Gasteiger partial charge in [0, 0.05) is 22.5 Å². The van der Waals surface area contributed by atoms with Crippen LogP contribution in [0.15, 0.2) is 41.1 Å². The van der Waals surface area contributed by atoms with Gasteiger partial charge in [0.1, 0.15) is 18.2 Å². The average molecular weight is 526 g/mol. The van der Waals surface area contributed by atoms with E-state index in [1.807, 2.05) is 0 Å². The Morgan fingerprint density at radius 2 is 1.97 bits per heavy atom. The van der Waals surface area contributed by atoms with Gasteiger partial charge in [-0.15, -0.1) is 0 Å². The number of nitrogens with one attached hydrogen (secondary N) is 1. The van der Waals surface area contributed by atoms with Gasteiger partial charge >= 0.3 is 6.18 Å². The number of ether oxygens (including phenoxy) is 4. The van der Waals surface area contributed by atoms with E-state index in [1.165, 1.54) is 19.5 Å². The number of aromatic nitrogens is 2. The lowest BCUT2D eigenvalue weighted by Crippen LogP contribution is -2.32. The Balaban J connectivity index is 1.45. The fraction of sp³-hybridized carbons (Fsp3) is 0.364. The third-order valence-electron chi connectivity index (χ3n) is 5.67. The van der Waals surface area contributed by atoms with Crippen molar-refractivity contribution in [3.05, 3.63) is 46.7 Å². The zero-order valence-electron chi connectivity index (χ0n) is 17.4. The van der Waals surface area contributed by atoms with Crippen LogP contribution in [-0.4, -0.2) is 48.6 Å². The van der Waals surface area contributed by atoms with Crippen molar-refractivity contribution in [1.82, 2.24) is 9.97 Å². The minimum Gasteiger partial charge on any atom is -0.493 e. The molecule has 0 amide bonds. The monoisotopic (exact) mass is 525 g/mol. The molecule has 0 radical (unpaired) electrons. The van der Waals surface area contributed by atoms with Crippen molar-refractivity contribution >= 4 is 38.3 Å². The van der Waals surface area contributed by atoms with Gasteiger partial charge in [0.05, 0.1) is 36.6 Å². The molecule has 3 atom stereocenters. The minimum absolute atomic E-state index is 0.0433. The second kappa shape index (κ2) is 8.62. The van der Waals surface area contributed by atoms with E-state index in [0.717, 1.165) is 18.6 Å². The summed E-state index contributed by atoms with van der Waals surface area (Å²) in [7, 11) is 1.53. The Labute approximate surface area is 195 Å². The summed E-state index contributed by atoms with van der Waals surface area (Å²) in [6, 6.07) is 6.83. The second-order valence-electron chi connectivity index (χ2n) is 7.71. The van der Waals surface area contributed by atoms with Gasteiger partial charge in [-0.2, -0.15) is 13.2 Å². The molecular formula is C22H19BrF3N3O4. The topological polar surface area (TPSA) is 74.7 Å². The van der Waals surface area contributed by atoms with E-state index >= 15 is 0 Å². The molecule has 1 unspecified atom stereocenters. The van der Waals surface area contributed by atoms with E-state index in [-0.39, 0.29) is 22.8 Å². The van der Waals surface area contributed by atoms with Crippen molar-refractivity contribution in [2.45, 2.75) is 30.9 Å². The number of anilines is 2. The van der Waals surface area contributed by atoms with Crippen molar-refractivity contribution in [2.75, 3.05) is 25.6 Å². The van der Waals surface area contributed by atoms with Crippen LogP contribution in [0.1, 0.15) is 12.0 Å². The Morgan fingerprint density at radius 1 is 1.12 bits per heavy atom. The molecule has 7 nitrogen and oxygen atoms in total. The molecule has 33 heavy (non-hydrogen) atoms. The van der Waals surface area contributed by atoms with Gasteiger partial charge in [0.25, 0.3) is 0 Å². The summed E-state index contributed by atoms with van der Waals surface area (Å²) in [5.74, 6) is 1.37. The lowest BCUT2D eigenvalue weighted by atomic mass is 10.1. The van der Waals surface area contributed by atoms with Crippen LogP contribution in [0.2, 0.25) is 0 Å². The molecule has 2 saturated heterocycles. The lowest BCUT2D eigenvalue weighted by molar-refractivity contribution is -0.137. The van der Waals surface area contributed by atoms with Gasteiger partial charge in [-0.3, -0.25) is 0 Å². The normalized spacial score (nSPS) is 22.4. The predicted octanol–water partition coefficient (Wildman–Crippen LogP) is 5.10. The molecule has 2 aliphatic rings. The van der Waals surface area contributed by atoms with Crippen LogP contribution in [0.25, 0.3) is 10.9 Å². The third kappa shape index (κ3) is 4.32. The summed E-state index contributed by atoms with van der Waals surface area (Å²) < 4.78 is 62.4. The molecule has 0 spiro atoms. The highest BCUT2D eigenvalue weighted by Gasteiger charge is 2.43. The Bertz CT molecular complexity index is 1190. The largest absolute Gasteiger partial charge is 0.493 e. The molecule has 174 valence electrons. The van der Waals surface area contributed by atoms with E-state index in [4.69, 9.17) is 18.9 Å². The Hall–Kier alpha value is -2.63. The molecule has 2 fully saturated rings. The van der Waals surface area contributed by atoms with Crippen LogP contribution < -0.4 is 14.8 Å². The average Bonchev–Trinajstić information content (AvgIpc) is 3.39. The summed E-state index contributed by atoms with van der Waals surface area (Å²) in [5.41, 5.74) is 0.254. The Morgan fingerprint density at radius 3 is 2.73 bits per heavy atom. The maximum absolute atomic E-state index is 13.0. The molecule has 0 saturated carbocycles. The van der Waals surface area contributed by atoms with Crippen LogP contribution in [0, 0.1) is 0 Å². The van der Waals surface area contributed by atoms with E-state index in [2.05, 4.69) is 31.2 Å². The van der Waals surface area contributed by atoms with Crippen molar-refractivity contribution in [3.8, 4) is 11.5 Å². The highest BCUT2D eigenvalue weighted by atomic mass is 79.9. The molecular weight excluding hydrogens is 507 g/mol. The second-order valence-corrected chi connectivity index (χ2v) is 8.57. The van der Waals surface area contributed by atoms with Gasteiger partial charge in [0.15, 0.2) is 17.6 Å². The van der Waals surface area contributed by atoms with E-state index < -0.39 is 11.7 Å². The Kier molecular flexibility index (Phi) is 5.79. The van der Waals surface area contributed by atoms with Gasteiger partial charge in [-0.25, -0.2) is 9.97 Å². The number of hydrogen-bond donors (Lipinski definition) is 1. The molecule has 1 aromatic heterocycles. The number of benzene rings is 2. The number of hydrogen-bond acceptors (Lipinski definition) is 7. The highest BCUT2D eigenvalue weighted by Crippen LogP contribution is 2.39. The van der Waals surface area contributed by atoms with Gasteiger partial charge < -0.3 is 24.3 Å². The van der Waals surface area contributed by atoms with Gasteiger partial charge in [-0.1, -0.05) is 0 Å². The fourth-order valence-electron chi connectivity index (χ4n) is 4.03. The number of alkyl halides is 3. The molecule has 2 aromatic carbocycles.